The Morgan fingerprint density at radius 2 is 1.85 bits per heavy atom. The number of carbonyl (C=O) groups excluding carboxylic acids is 4. The summed E-state index contributed by atoms with van der Waals surface area (Å²) in [6, 6.07) is 6.04. The van der Waals surface area contributed by atoms with Crippen LogP contribution in [0.15, 0.2) is 29.2 Å². The van der Waals surface area contributed by atoms with Gasteiger partial charge in [-0.3, -0.25) is 14.9 Å². The van der Waals surface area contributed by atoms with Gasteiger partial charge in [0.15, 0.2) is 6.61 Å². The van der Waals surface area contributed by atoms with E-state index in [0.29, 0.717) is 11.4 Å². The van der Waals surface area contributed by atoms with Gasteiger partial charge in [0.2, 0.25) is 5.91 Å². The smallest absolute Gasteiger partial charge is 0.339 e. The van der Waals surface area contributed by atoms with Crippen LogP contribution in [-0.2, 0) is 14.3 Å². The third kappa shape index (κ3) is 8.59. The molecule has 0 bridgehead atoms. The highest BCUT2D eigenvalue weighted by atomic mass is 32.2. The molecule has 0 aliphatic carbocycles. The van der Waals surface area contributed by atoms with Crippen molar-refractivity contribution < 1.29 is 23.9 Å². The predicted octanol–water partition coefficient (Wildman–Crippen LogP) is 1.65. The van der Waals surface area contributed by atoms with Crippen molar-refractivity contribution in [2.45, 2.75) is 24.7 Å². The summed E-state index contributed by atoms with van der Waals surface area (Å²) in [4.78, 5) is 49.2. The fourth-order valence-corrected chi connectivity index (χ4v) is 2.84. The highest BCUT2D eigenvalue weighted by Crippen LogP contribution is 2.23. The van der Waals surface area contributed by atoms with E-state index in [-0.39, 0.29) is 17.2 Å². The number of unbranched alkanes of at least 4 members (excludes halogenated alkanes) is 1. The number of carbonyl (C=O) groups is 4. The van der Waals surface area contributed by atoms with Gasteiger partial charge in [-0.1, -0.05) is 25.5 Å². The molecule has 0 fully saturated rings. The first-order chi connectivity index (χ1) is 12.8. The maximum Gasteiger partial charge on any atom is 0.339 e. The SMILES string of the molecule is CCCCNC(=O)NC(=O)COC(=O)c1ccccc1SCC(=O)N(C)C. The van der Waals surface area contributed by atoms with Crippen LogP contribution in [0.5, 0.6) is 0 Å². The van der Waals surface area contributed by atoms with Gasteiger partial charge in [-0.05, 0) is 18.6 Å². The van der Waals surface area contributed by atoms with E-state index < -0.39 is 24.5 Å². The van der Waals surface area contributed by atoms with Crippen LogP contribution >= 0.6 is 11.8 Å². The van der Waals surface area contributed by atoms with Crippen molar-refractivity contribution in [3.8, 4) is 0 Å². The summed E-state index contributed by atoms with van der Waals surface area (Å²) in [7, 11) is 3.31. The molecule has 0 aliphatic rings. The molecule has 27 heavy (non-hydrogen) atoms. The largest absolute Gasteiger partial charge is 0.452 e. The Labute approximate surface area is 163 Å². The molecule has 1 aromatic rings. The molecule has 0 unspecified atom stereocenters. The summed E-state index contributed by atoms with van der Waals surface area (Å²) in [5.74, 6) is -1.32. The molecule has 8 nitrogen and oxygen atoms in total. The summed E-state index contributed by atoms with van der Waals surface area (Å²) in [6.07, 6.45) is 1.73. The minimum atomic E-state index is -0.717. The van der Waals surface area contributed by atoms with E-state index >= 15 is 0 Å². The Hall–Kier alpha value is -2.55. The van der Waals surface area contributed by atoms with Gasteiger partial charge in [-0.2, -0.15) is 0 Å². The number of esters is 1. The van der Waals surface area contributed by atoms with E-state index in [1.165, 1.54) is 16.7 Å². The van der Waals surface area contributed by atoms with E-state index in [1.54, 1.807) is 38.4 Å². The number of ether oxygens (including phenoxy) is 1. The van der Waals surface area contributed by atoms with Crippen LogP contribution in [-0.4, -0.2) is 61.7 Å². The zero-order valence-corrected chi connectivity index (χ0v) is 16.6. The molecule has 4 amide bonds. The summed E-state index contributed by atoms with van der Waals surface area (Å²) in [5.41, 5.74) is 0.259. The Balaban J connectivity index is 2.53. The summed E-state index contributed by atoms with van der Waals surface area (Å²) < 4.78 is 4.97. The number of nitrogens with zero attached hydrogens (tertiary/aromatic N) is 1. The molecule has 0 heterocycles. The van der Waals surface area contributed by atoms with Gasteiger partial charge in [-0.25, -0.2) is 9.59 Å². The second-order valence-corrected chi connectivity index (χ2v) is 6.82. The molecule has 9 heteroatoms. The minimum Gasteiger partial charge on any atom is -0.452 e. The molecule has 0 aromatic heterocycles. The molecular formula is C18H25N3O5S. The molecule has 0 saturated heterocycles. The van der Waals surface area contributed by atoms with Gasteiger partial charge >= 0.3 is 12.0 Å². The van der Waals surface area contributed by atoms with Gasteiger partial charge < -0.3 is 15.0 Å². The highest BCUT2D eigenvalue weighted by Gasteiger charge is 2.16. The maximum absolute atomic E-state index is 12.2. The van der Waals surface area contributed by atoms with Crippen LogP contribution in [0.2, 0.25) is 0 Å². The molecule has 0 radical (unpaired) electrons. The van der Waals surface area contributed by atoms with Crippen molar-refractivity contribution in [1.29, 1.82) is 0 Å². The van der Waals surface area contributed by atoms with E-state index in [0.717, 1.165) is 12.8 Å². The number of thioether (sulfide) groups is 1. The molecule has 0 spiro atoms. The van der Waals surface area contributed by atoms with E-state index in [1.807, 2.05) is 6.92 Å². The molecule has 0 atom stereocenters. The summed E-state index contributed by atoms with van der Waals surface area (Å²) in [6.45, 7) is 1.87. The monoisotopic (exact) mass is 395 g/mol. The average molecular weight is 395 g/mol. The first-order valence-corrected chi connectivity index (χ1v) is 9.50. The van der Waals surface area contributed by atoms with E-state index in [9.17, 15) is 19.2 Å². The average Bonchev–Trinajstić information content (AvgIpc) is 2.64. The zero-order valence-electron chi connectivity index (χ0n) is 15.7. The van der Waals surface area contributed by atoms with Gasteiger partial charge in [0, 0.05) is 25.5 Å². The lowest BCUT2D eigenvalue weighted by molar-refractivity contribution is -0.126. The van der Waals surface area contributed by atoms with E-state index in [4.69, 9.17) is 4.74 Å². The summed E-state index contributed by atoms with van der Waals surface area (Å²) >= 11 is 1.21. The quantitative estimate of drug-likeness (QED) is 0.374. The topological polar surface area (TPSA) is 105 Å². The third-order valence-electron chi connectivity index (χ3n) is 3.36. The Morgan fingerprint density at radius 1 is 1.15 bits per heavy atom. The number of benzene rings is 1. The van der Waals surface area contributed by atoms with Crippen LogP contribution in [0.25, 0.3) is 0 Å². The molecule has 0 aliphatic heterocycles. The van der Waals surface area contributed by atoms with Crippen LogP contribution in [0.4, 0.5) is 4.79 Å². The molecule has 148 valence electrons. The minimum absolute atomic E-state index is 0.0865. The Kier molecular flexibility index (Phi) is 9.95. The lowest BCUT2D eigenvalue weighted by Crippen LogP contribution is -2.41. The van der Waals surface area contributed by atoms with Gasteiger partial charge in [0.25, 0.3) is 5.91 Å². The number of hydrogen-bond donors (Lipinski definition) is 2. The van der Waals surface area contributed by atoms with Gasteiger partial charge in [0.1, 0.15) is 0 Å². The second kappa shape index (κ2) is 11.9. The van der Waals surface area contributed by atoms with Crippen LogP contribution in [0, 0.1) is 0 Å². The fraction of sp³-hybridized carbons (Fsp3) is 0.444. The molecule has 0 saturated carbocycles. The predicted molar refractivity (Wildman–Crippen MR) is 103 cm³/mol. The standard InChI is InChI=1S/C18H25N3O5S/c1-4-5-10-19-18(25)20-15(22)11-26-17(24)13-8-6-7-9-14(13)27-12-16(23)21(2)3/h6-9H,4-5,10-12H2,1-3H3,(H2,19,20,22,25). The number of imide groups is 1. The number of rotatable bonds is 9. The van der Waals surface area contributed by atoms with Crippen molar-refractivity contribution in [2.24, 2.45) is 0 Å². The van der Waals surface area contributed by atoms with E-state index in [2.05, 4.69) is 10.6 Å². The van der Waals surface area contributed by atoms with Gasteiger partial charge in [-0.15, -0.1) is 11.8 Å². The van der Waals surface area contributed by atoms with Crippen LogP contribution < -0.4 is 10.6 Å². The Morgan fingerprint density at radius 3 is 2.52 bits per heavy atom. The normalized spacial score (nSPS) is 10.0. The first-order valence-electron chi connectivity index (χ1n) is 8.52. The van der Waals surface area contributed by atoms with Crippen molar-refractivity contribution >= 4 is 35.6 Å². The fourth-order valence-electron chi connectivity index (χ4n) is 1.82. The van der Waals surface area contributed by atoms with Crippen molar-refractivity contribution in [3.05, 3.63) is 29.8 Å². The first kappa shape index (κ1) is 22.5. The van der Waals surface area contributed by atoms with Gasteiger partial charge in [0.05, 0.1) is 11.3 Å². The zero-order chi connectivity index (χ0) is 20.2. The van der Waals surface area contributed by atoms with Crippen molar-refractivity contribution in [3.63, 3.8) is 0 Å². The molecule has 1 aromatic carbocycles. The number of urea groups is 1. The van der Waals surface area contributed by atoms with Crippen LogP contribution in [0.3, 0.4) is 0 Å². The highest BCUT2D eigenvalue weighted by molar-refractivity contribution is 8.00. The number of nitrogens with one attached hydrogen (secondary N) is 2. The lowest BCUT2D eigenvalue weighted by Gasteiger charge is -2.12. The maximum atomic E-state index is 12.2. The third-order valence-corrected chi connectivity index (χ3v) is 4.42. The number of amides is 4. The summed E-state index contributed by atoms with van der Waals surface area (Å²) in [5, 5.41) is 4.62. The molecule has 1 rings (SSSR count). The molecular weight excluding hydrogens is 370 g/mol. The number of hydrogen-bond acceptors (Lipinski definition) is 6. The lowest BCUT2D eigenvalue weighted by atomic mass is 10.2. The second-order valence-electron chi connectivity index (χ2n) is 5.81. The van der Waals surface area contributed by atoms with Crippen molar-refractivity contribution in [1.82, 2.24) is 15.5 Å². The molecule has 2 N–H and O–H groups in total. The van der Waals surface area contributed by atoms with Crippen molar-refractivity contribution in [2.75, 3.05) is 33.0 Å². The van der Waals surface area contributed by atoms with Crippen LogP contribution in [0.1, 0.15) is 30.1 Å². The Bertz CT molecular complexity index is 679.